The molecule has 0 aliphatic carbocycles. The van der Waals surface area contributed by atoms with Gasteiger partial charge in [0.2, 0.25) is 0 Å². The first-order valence-electron chi connectivity index (χ1n) is 5.68. The van der Waals surface area contributed by atoms with E-state index < -0.39 is 5.82 Å². The van der Waals surface area contributed by atoms with Crippen LogP contribution in [0.15, 0.2) is 36.4 Å². The summed E-state index contributed by atoms with van der Waals surface area (Å²) in [7, 11) is 0. The number of hydrogen-bond donors (Lipinski definition) is 2. The second-order valence-corrected chi connectivity index (χ2v) is 4.93. The first kappa shape index (κ1) is 14.6. The van der Waals surface area contributed by atoms with Crippen LogP contribution in [0.5, 0.6) is 5.75 Å². The van der Waals surface area contributed by atoms with E-state index in [1.54, 1.807) is 12.1 Å². The van der Waals surface area contributed by atoms with Crippen molar-refractivity contribution >= 4 is 29.0 Å². The Labute approximate surface area is 125 Å². The van der Waals surface area contributed by atoms with E-state index in [2.05, 4.69) is 0 Å². The molecule has 0 aromatic heterocycles. The van der Waals surface area contributed by atoms with Gasteiger partial charge in [-0.1, -0.05) is 23.2 Å². The average molecular weight is 313 g/mol. The van der Waals surface area contributed by atoms with Crippen LogP contribution in [-0.2, 0) is 6.61 Å². The van der Waals surface area contributed by atoms with E-state index in [4.69, 9.17) is 39.1 Å². The van der Waals surface area contributed by atoms with Crippen molar-refractivity contribution in [1.82, 2.24) is 0 Å². The third-order valence-electron chi connectivity index (χ3n) is 2.63. The third kappa shape index (κ3) is 3.40. The van der Waals surface area contributed by atoms with Gasteiger partial charge in [-0.25, -0.2) is 4.39 Å². The van der Waals surface area contributed by atoms with Crippen molar-refractivity contribution in [3.63, 3.8) is 0 Å². The smallest absolute Gasteiger partial charge is 0.138 e. The Morgan fingerprint density at radius 3 is 2.60 bits per heavy atom. The molecule has 0 bridgehead atoms. The van der Waals surface area contributed by atoms with E-state index in [9.17, 15) is 4.39 Å². The molecular weight excluding hydrogens is 302 g/mol. The number of benzene rings is 2. The lowest BCUT2D eigenvalue weighted by Crippen LogP contribution is -2.10. The lowest BCUT2D eigenvalue weighted by atomic mass is 10.2. The summed E-state index contributed by atoms with van der Waals surface area (Å²) in [5.74, 6) is -0.0961. The van der Waals surface area contributed by atoms with Crippen molar-refractivity contribution in [2.24, 2.45) is 5.73 Å². The van der Waals surface area contributed by atoms with Crippen LogP contribution in [0.3, 0.4) is 0 Å². The molecule has 0 aliphatic heterocycles. The number of nitrogen functional groups attached to an aromatic ring is 1. The fourth-order valence-corrected chi connectivity index (χ4v) is 2.02. The largest absolute Gasteiger partial charge is 0.487 e. The number of nitrogens with one attached hydrogen (secondary N) is 1. The van der Waals surface area contributed by atoms with Gasteiger partial charge in [-0.05, 0) is 36.4 Å². The monoisotopic (exact) mass is 312 g/mol. The number of ether oxygens (including phenoxy) is 1. The molecule has 2 aromatic carbocycles. The van der Waals surface area contributed by atoms with Gasteiger partial charge in [0.1, 0.15) is 24.0 Å². The van der Waals surface area contributed by atoms with Crippen molar-refractivity contribution < 1.29 is 9.13 Å². The van der Waals surface area contributed by atoms with Crippen LogP contribution in [0.2, 0.25) is 10.0 Å². The highest BCUT2D eigenvalue weighted by Crippen LogP contribution is 2.27. The topological polar surface area (TPSA) is 59.1 Å². The second kappa shape index (κ2) is 6.11. The third-order valence-corrected chi connectivity index (χ3v) is 3.16. The van der Waals surface area contributed by atoms with Gasteiger partial charge in [-0.3, -0.25) is 5.41 Å². The maximum atomic E-state index is 13.5. The molecule has 0 radical (unpaired) electrons. The highest BCUT2D eigenvalue weighted by Gasteiger charge is 2.08. The number of halogens is 3. The van der Waals surface area contributed by atoms with Gasteiger partial charge in [0.15, 0.2) is 0 Å². The molecule has 2 aromatic rings. The van der Waals surface area contributed by atoms with Gasteiger partial charge in [0.05, 0.1) is 5.02 Å². The predicted octanol–water partition coefficient (Wildman–Crippen LogP) is 4.00. The summed E-state index contributed by atoms with van der Waals surface area (Å²) in [6, 6.07) is 8.96. The lowest BCUT2D eigenvalue weighted by Gasteiger charge is -2.10. The van der Waals surface area contributed by atoms with Crippen molar-refractivity contribution in [2.75, 3.05) is 0 Å². The average Bonchev–Trinajstić information content (AvgIpc) is 2.40. The highest BCUT2D eigenvalue weighted by molar-refractivity contribution is 6.32. The van der Waals surface area contributed by atoms with Crippen molar-refractivity contribution in [2.45, 2.75) is 6.61 Å². The molecule has 0 aliphatic rings. The Balaban J connectivity index is 2.15. The zero-order valence-corrected chi connectivity index (χ0v) is 11.8. The number of amidine groups is 1. The van der Waals surface area contributed by atoms with Crippen LogP contribution >= 0.6 is 23.2 Å². The summed E-state index contributed by atoms with van der Waals surface area (Å²) >= 11 is 11.8. The summed E-state index contributed by atoms with van der Waals surface area (Å²) in [4.78, 5) is 0. The van der Waals surface area contributed by atoms with Crippen LogP contribution in [0.4, 0.5) is 4.39 Å². The van der Waals surface area contributed by atoms with Gasteiger partial charge < -0.3 is 10.5 Å². The SMILES string of the molecule is N=C(N)c1ccc(OCc2cc(Cl)ccc2F)c(Cl)c1. The number of nitrogens with two attached hydrogens (primary N) is 1. The quantitative estimate of drug-likeness (QED) is 0.662. The Morgan fingerprint density at radius 1 is 1.20 bits per heavy atom. The van der Waals surface area contributed by atoms with E-state index in [-0.39, 0.29) is 12.4 Å². The van der Waals surface area contributed by atoms with Crippen molar-refractivity contribution in [3.8, 4) is 5.75 Å². The standard InChI is InChI=1S/C14H11Cl2FN2O/c15-10-2-3-12(17)9(5-10)7-20-13-4-1-8(14(18)19)6-11(13)16/h1-6H,7H2,(H3,18,19). The van der Waals surface area contributed by atoms with E-state index >= 15 is 0 Å². The Morgan fingerprint density at radius 2 is 1.95 bits per heavy atom. The van der Waals surface area contributed by atoms with E-state index in [0.717, 1.165) is 0 Å². The molecule has 0 spiro atoms. The molecule has 0 fully saturated rings. The Kier molecular flexibility index (Phi) is 4.47. The number of hydrogen-bond acceptors (Lipinski definition) is 2. The number of rotatable bonds is 4. The maximum absolute atomic E-state index is 13.5. The zero-order valence-electron chi connectivity index (χ0n) is 10.3. The molecule has 6 heteroatoms. The van der Waals surface area contributed by atoms with Gasteiger partial charge in [0, 0.05) is 16.1 Å². The van der Waals surface area contributed by atoms with Crippen LogP contribution in [0.1, 0.15) is 11.1 Å². The molecule has 0 saturated carbocycles. The summed E-state index contributed by atoms with van der Waals surface area (Å²) in [5, 5.41) is 8.04. The first-order chi connectivity index (χ1) is 9.47. The zero-order chi connectivity index (χ0) is 14.7. The van der Waals surface area contributed by atoms with Crippen LogP contribution in [-0.4, -0.2) is 5.84 Å². The van der Waals surface area contributed by atoms with E-state index in [1.807, 2.05) is 0 Å². The molecule has 0 heterocycles. The first-order valence-corrected chi connectivity index (χ1v) is 6.43. The molecule has 104 valence electrons. The Bertz CT molecular complexity index is 662. The second-order valence-electron chi connectivity index (χ2n) is 4.08. The minimum Gasteiger partial charge on any atom is -0.487 e. The summed E-state index contributed by atoms with van der Waals surface area (Å²) < 4.78 is 19.0. The normalized spacial score (nSPS) is 10.3. The predicted molar refractivity (Wildman–Crippen MR) is 78.2 cm³/mol. The highest BCUT2D eigenvalue weighted by atomic mass is 35.5. The Hall–Kier alpha value is -1.78. The molecule has 0 amide bonds. The molecule has 0 saturated heterocycles. The van der Waals surface area contributed by atoms with Crippen LogP contribution in [0, 0.1) is 11.2 Å². The minimum atomic E-state index is -0.397. The van der Waals surface area contributed by atoms with E-state index in [0.29, 0.717) is 26.9 Å². The van der Waals surface area contributed by atoms with Crippen LogP contribution in [0.25, 0.3) is 0 Å². The fourth-order valence-electron chi connectivity index (χ4n) is 1.59. The molecule has 3 N–H and O–H groups in total. The fraction of sp³-hybridized carbons (Fsp3) is 0.0714. The van der Waals surface area contributed by atoms with Gasteiger partial charge in [-0.2, -0.15) is 0 Å². The van der Waals surface area contributed by atoms with E-state index in [1.165, 1.54) is 24.3 Å². The van der Waals surface area contributed by atoms with Gasteiger partial charge in [0.25, 0.3) is 0 Å². The minimum absolute atomic E-state index is 0.00549. The molecule has 0 atom stereocenters. The summed E-state index contributed by atoms with van der Waals surface area (Å²) in [6.45, 7) is 0.00549. The van der Waals surface area contributed by atoms with Crippen molar-refractivity contribution in [3.05, 3.63) is 63.4 Å². The van der Waals surface area contributed by atoms with Gasteiger partial charge >= 0.3 is 0 Å². The van der Waals surface area contributed by atoms with Crippen molar-refractivity contribution in [1.29, 1.82) is 5.41 Å². The molecule has 0 unspecified atom stereocenters. The maximum Gasteiger partial charge on any atom is 0.138 e. The molecule has 2 rings (SSSR count). The molecule has 3 nitrogen and oxygen atoms in total. The summed E-state index contributed by atoms with van der Waals surface area (Å²) in [5.41, 5.74) is 6.19. The summed E-state index contributed by atoms with van der Waals surface area (Å²) in [6.07, 6.45) is 0. The van der Waals surface area contributed by atoms with Gasteiger partial charge in [-0.15, -0.1) is 0 Å². The molecule has 20 heavy (non-hydrogen) atoms. The lowest BCUT2D eigenvalue weighted by molar-refractivity contribution is 0.300. The molecular formula is C14H11Cl2FN2O. The van der Waals surface area contributed by atoms with Crippen LogP contribution < -0.4 is 10.5 Å².